The van der Waals surface area contributed by atoms with E-state index in [2.05, 4.69) is 26.2 Å². The highest BCUT2D eigenvalue weighted by Gasteiger charge is 2.12. The Morgan fingerprint density at radius 2 is 2.11 bits per heavy atom. The predicted octanol–water partition coefficient (Wildman–Crippen LogP) is 2.94. The van der Waals surface area contributed by atoms with E-state index in [9.17, 15) is 9.18 Å². The predicted molar refractivity (Wildman–Crippen MR) is 68.0 cm³/mol. The van der Waals surface area contributed by atoms with Crippen LogP contribution in [0.5, 0.6) is 5.75 Å². The monoisotopic (exact) mass is 310 g/mol. The Morgan fingerprint density at radius 3 is 2.78 bits per heavy atom. The molecule has 2 N–H and O–H groups in total. The average Bonchev–Trinajstić information content (AvgIpc) is 2.28. The summed E-state index contributed by atoms with van der Waals surface area (Å²) in [5, 5.41) is 11.5. The number of phenolic OH excluding ortho intramolecular Hbond substituents is 1. The normalized spacial score (nSPS) is 10.1. The lowest BCUT2D eigenvalue weighted by molar-refractivity contribution is 0.102. The summed E-state index contributed by atoms with van der Waals surface area (Å²) in [6.45, 7) is 0. The molecule has 4 nitrogen and oxygen atoms in total. The minimum atomic E-state index is -0.789. The standard InChI is InChI=1S/C12H8BrFN2O2/c13-7-3-4-15-11(5-7)16-12(18)9-2-1-8(17)6-10(9)14/h1-6,17H,(H,15,16,18). The maximum Gasteiger partial charge on any atom is 0.259 e. The van der Waals surface area contributed by atoms with Crippen LogP contribution in [0.1, 0.15) is 10.4 Å². The Balaban J connectivity index is 2.22. The zero-order valence-electron chi connectivity index (χ0n) is 9.02. The Labute approximate surface area is 111 Å². The first-order valence-corrected chi connectivity index (χ1v) is 5.77. The number of pyridine rings is 1. The summed E-state index contributed by atoms with van der Waals surface area (Å²) < 4.78 is 14.2. The van der Waals surface area contributed by atoms with Crippen LogP contribution in [-0.4, -0.2) is 16.0 Å². The van der Waals surface area contributed by atoms with Crippen LogP contribution in [0.3, 0.4) is 0 Å². The molecule has 0 saturated heterocycles. The maximum atomic E-state index is 13.4. The number of benzene rings is 1. The molecule has 0 radical (unpaired) electrons. The van der Waals surface area contributed by atoms with Crippen LogP contribution in [0.25, 0.3) is 0 Å². The smallest absolute Gasteiger partial charge is 0.259 e. The topological polar surface area (TPSA) is 62.2 Å². The van der Waals surface area contributed by atoms with Crippen molar-refractivity contribution in [2.45, 2.75) is 0 Å². The maximum absolute atomic E-state index is 13.4. The van der Waals surface area contributed by atoms with Gasteiger partial charge in [0.05, 0.1) is 5.56 Å². The number of hydrogen-bond acceptors (Lipinski definition) is 3. The van der Waals surface area contributed by atoms with E-state index >= 15 is 0 Å². The fourth-order valence-corrected chi connectivity index (χ4v) is 1.68. The average molecular weight is 311 g/mol. The number of halogens is 2. The van der Waals surface area contributed by atoms with Crippen LogP contribution in [-0.2, 0) is 0 Å². The number of carbonyl (C=O) groups excluding carboxylic acids is 1. The van der Waals surface area contributed by atoms with Crippen molar-refractivity contribution in [2.75, 3.05) is 5.32 Å². The zero-order valence-corrected chi connectivity index (χ0v) is 10.6. The highest BCUT2D eigenvalue weighted by Crippen LogP contribution is 2.17. The van der Waals surface area contributed by atoms with Gasteiger partial charge in [0, 0.05) is 16.7 Å². The second kappa shape index (κ2) is 5.14. The molecule has 0 fully saturated rings. The third-order valence-corrected chi connectivity index (χ3v) is 2.65. The van der Waals surface area contributed by atoms with E-state index in [1.165, 1.54) is 18.3 Å². The van der Waals surface area contributed by atoms with E-state index in [1.807, 2.05) is 0 Å². The number of phenols is 1. The molecule has 92 valence electrons. The van der Waals surface area contributed by atoms with Gasteiger partial charge in [-0.25, -0.2) is 9.37 Å². The molecule has 18 heavy (non-hydrogen) atoms. The number of aromatic nitrogens is 1. The van der Waals surface area contributed by atoms with Crippen molar-refractivity contribution in [1.29, 1.82) is 0 Å². The molecule has 0 spiro atoms. The van der Waals surface area contributed by atoms with Gasteiger partial charge in [0.1, 0.15) is 17.4 Å². The van der Waals surface area contributed by atoms with Crippen LogP contribution in [0.15, 0.2) is 41.0 Å². The first-order chi connectivity index (χ1) is 8.56. The number of nitrogens with zero attached hydrogens (tertiary/aromatic N) is 1. The van der Waals surface area contributed by atoms with E-state index in [-0.39, 0.29) is 11.3 Å². The number of carbonyl (C=O) groups is 1. The lowest BCUT2D eigenvalue weighted by Crippen LogP contribution is -2.14. The lowest BCUT2D eigenvalue weighted by atomic mass is 10.2. The Kier molecular flexibility index (Phi) is 3.57. The molecular weight excluding hydrogens is 303 g/mol. The zero-order chi connectivity index (χ0) is 13.1. The summed E-state index contributed by atoms with van der Waals surface area (Å²) in [7, 11) is 0. The SMILES string of the molecule is O=C(Nc1cc(Br)ccn1)c1ccc(O)cc1F. The Bertz CT molecular complexity index is 604. The number of anilines is 1. The van der Waals surface area contributed by atoms with Crippen molar-refractivity contribution in [3.63, 3.8) is 0 Å². The third-order valence-electron chi connectivity index (χ3n) is 2.16. The van der Waals surface area contributed by atoms with Gasteiger partial charge >= 0.3 is 0 Å². The number of aromatic hydroxyl groups is 1. The fraction of sp³-hybridized carbons (Fsp3) is 0. The Hall–Kier alpha value is -1.95. The second-order valence-electron chi connectivity index (χ2n) is 3.48. The van der Waals surface area contributed by atoms with Crippen LogP contribution in [0.2, 0.25) is 0 Å². The quantitative estimate of drug-likeness (QED) is 0.896. The summed E-state index contributed by atoms with van der Waals surface area (Å²) >= 11 is 3.23. The highest BCUT2D eigenvalue weighted by molar-refractivity contribution is 9.10. The van der Waals surface area contributed by atoms with E-state index in [0.717, 1.165) is 10.5 Å². The van der Waals surface area contributed by atoms with Gasteiger partial charge in [0.15, 0.2) is 0 Å². The van der Waals surface area contributed by atoms with Crippen molar-refractivity contribution in [3.05, 3.63) is 52.4 Å². The van der Waals surface area contributed by atoms with Gasteiger partial charge in [-0.1, -0.05) is 15.9 Å². The number of hydrogen-bond donors (Lipinski definition) is 2. The molecule has 0 saturated carbocycles. The molecule has 2 aromatic rings. The van der Waals surface area contributed by atoms with E-state index in [1.54, 1.807) is 12.1 Å². The van der Waals surface area contributed by atoms with Gasteiger partial charge in [-0.2, -0.15) is 0 Å². The number of rotatable bonds is 2. The molecule has 0 aliphatic heterocycles. The van der Waals surface area contributed by atoms with Crippen LogP contribution >= 0.6 is 15.9 Å². The molecule has 1 amide bonds. The lowest BCUT2D eigenvalue weighted by Gasteiger charge is -2.05. The van der Waals surface area contributed by atoms with Crippen molar-refractivity contribution >= 4 is 27.7 Å². The van der Waals surface area contributed by atoms with Crippen LogP contribution in [0, 0.1) is 5.82 Å². The summed E-state index contributed by atoms with van der Waals surface area (Å²) in [5.41, 5.74) is -0.158. The summed E-state index contributed by atoms with van der Waals surface area (Å²) in [6.07, 6.45) is 1.51. The van der Waals surface area contributed by atoms with Gasteiger partial charge in [-0.05, 0) is 24.3 Å². The first-order valence-electron chi connectivity index (χ1n) is 4.97. The van der Waals surface area contributed by atoms with Gasteiger partial charge in [-0.15, -0.1) is 0 Å². The molecule has 0 unspecified atom stereocenters. The molecule has 1 aromatic heterocycles. The largest absolute Gasteiger partial charge is 0.508 e. The van der Waals surface area contributed by atoms with Crippen molar-refractivity contribution in [1.82, 2.24) is 4.98 Å². The van der Waals surface area contributed by atoms with Gasteiger partial charge in [-0.3, -0.25) is 4.79 Å². The minimum absolute atomic E-state index is 0.158. The van der Waals surface area contributed by atoms with Crippen molar-refractivity contribution in [2.24, 2.45) is 0 Å². The van der Waals surface area contributed by atoms with Gasteiger partial charge < -0.3 is 10.4 Å². The van der Waals surface area contributed by atoms with E-state index in [4.69, 9.17) is 5.11 Å². The van der Waals surface area contributed by atoms with Crippen molar-refractivity contribution in [3.8, 4) is 5.75 Å². The highest BCUT2D eigenvalue weighted by atomic mass is 79.9. The summed E-state index contributed by atoms with van der Waals surface area (Å²) in [4.78, 5) is 15.7. The number of amides is 1. The van der Waals surface area contributed by atoms with Crippen LogP contribution in [0.4, 0.5) is 10.2 Å². The van der Waals surface area contributed by atoms with Gasteiger partial charge in [0.25, 0.3) is 5.91 Å². The third kappa shape index (κ3) is 2.84. The molecule has 0 atom stereocenters. The number of nitrogens with one attached hydrogen (secondary N) is 1. The Morgan fingerprint density at radius 1 is 1.33 bits per heavy atom. The summed E-state index contributed by atoms with van der Waals surface area (Å²) in [6, 6.07) is 6.63. The first kappa shape index (κ1) is 12.5. The molecule has 1 aromatic carbocycles. The molecule has 0 aliphatic rings. The molecule has 2 rings (SSSR count). The summed E-state index contributed by atoms with van der Waals surface area (Å²) in [5.74, 6) is -1.34. The molecular formula is C12H8BrFN2O2. The molecule has 1 heterocycles. The van der Waals surface area contributed by atoms with E-state index in [0.29, 0.717) is 5.82 Å². The molecule has 0 aliphatic carbocycles. The minimum Gasteiger partial charge on any atom is -0.508 e. The van der Waals surface area contributed by atoms with Gasteiger partial charge in [0.2, 0.25) is 0 Å². The second-order valence-corrected chi connectivity index (χ2v) is 4.39. The van der Waals surface area contributed by atoms with Crippen LogP contribution < -0.4 is 5.32 Å². The fourth-order valence-electron chi connectivity index (χ4n) is 1.34. The van der Waals surface area contributed by atoms with Crippen molar-refractivity contribution < 1.29 is 14.3 Å². The van der Waals surface area contributed by atoms with E-state index < -0.39 is 11.7 Å². The molecule has 6 heteroatoms. The molecule has 0 bridgehead atoms.